The highest BCUT2D eigenvalue weighted by molar-refractivity contribution is 6.74. The first-order valence-corrected chi connectivity index (χ1v) is 14.9. The largest absolute Gasteiger partial charge is 0.541 e. The molecule has 3 unspecified atom stereocenters. The number of nitrogens with zero attached hydrogens (tertiary/aromatic N) is 1. The fourth-order valence-electron chi connectivity index (χ4n) is 6.41. The second kappa shape index (κ2) is 7.69. The van der Waals surface area contributed by atoms with Gasteiger partial charge in [0.1, 0.15) is 5.75 Å². The van der Waals surface area contributed by atoms with Crippen molar-refractivity contribution < 1.29 is 9.16 Å². The molecule has 0 amide bonds. The van der Waals surface area contributed by atoms with Gasteiger partial charge in [-0.1, -0.05) is 33.3 Å². The Kier molecular flexibility index (Phi) is 5.57. The molecule has 0 aliphatic heterocycles. The molecule has 1 aromatic rings. The first-order valence-electron chi connectivity index (χ1n) is 12.0. The van der Waals surface area contributed by atoms with Crippen LogP contribution in [-0.2, 0) is 6.42 Å². The fourth-order valence-corrected chi connectivity index (χ4v) is 7.42. The topological polar surface area (TPSA) is 42.2 Å². The van der Waals surface area contributed by atoms with Crippen molar-refractivity contribution in [3.05, 3.63) is 34.9 Å². The van der Waals surface area contributed by atoms with Crippen molar-refractivity contribution in [2.24, 2.45) is 17.3 Å². The highest BCUT2D eigenvalue weighted by Gasteiger charge is 2.52. The molecule has 0 bridgehead atoms. The van der Waals surface area contributed by atoms with Crippen LogP contribution < -0.4 is 9.16 Å². The van der Waals surface area contributed by atoms with Crippen LogP contribution in [-0.4, -0.2) is 15.4 Å². The van der Waals surface area contributed by atoms with Gasteiger partial charge in [-0.3, -0.25) is 0 Å². The third kappa shape index (κ3) is 3.63. The maximum absolute atomic E-state index is 9.26. The van der Waals surface area contributed by atoms with Crippen LogP contribution in [0.5, 0.6) is 11.5 Å². The summed E-state index contributed by atoms with van der Waals surface area (Å²) in [4.78, 5) is 0. The Balaban J connectivity index is 1.67. The van der Waals surface area contributed by atoms with E-state index in [1.54, 1.807) is 7.11 Å². The van der Waals surface area contributed by atoms with E-state index in [-0.39, 0.29) is 10.5 Å². The molecular weight excluding hydrogens is 398 g/mol. The lowest BCUT2D eigenvalue weighted by Crippen LogP contribution is -2.44. The average Bonchev–Trinajstić information content (AvgIpc) is 3.03. The van der Waals surface area contributed by atoms with Crippen LogP contribution in [0.25, 0.3) is 0 Å². The van der Waals surface area contributed by atoms with Crippen molar-refractivity contribution in [3.63, 3.8) is 0 Å². The minimum absolute atomic E-state index is 0.157. The number of benzene rings is 1. The molecule has 0 saturated heterocycles. The number of hydrogen-bond donors (Lipinski definition) is 0. The molecule has 4 atom stereocenters. The summed E-state index contributed by atoms with van der Waals surface area (Å²) >= 11 is 0. The van der Waals surface area contributed by atoms with Gasteiger partial charge in [-0.05, 0) is 103 Å². The van der Waals surface area contributed by atoms with Gasteiger partial charge in [-0.25, -0.2) is 0 Å². The Morgan fingerprint density at radius 1 is 1.13 bits per heavy atom. The van der Waals surface area contributed by atoms with Crippen molar-refractivity contribution >= 4 is 8.32 Å². The van der Waals surface area contributed by atoms with Crippen LogP contribution in [0.1, 0.15) is 76.8 Å². The van der Waals surface area contributed by atoms with Gasteiger partial charge in [-0.15, -0.1) is 0 Å². The highest BCUT2D eigenvalue weighted by Crippen LogP contribution is 2.63. The van der Waals surface area contributed by atoms with Gasteiger partial charge < -0.3 is 9.16 Å². The van der Waals surface area contributed by atoms with Gasteiger partial charge in [0.2, 0.25) is 0 Å². The van der Waals surface area contributed by atoms with Gasteiger partial charge in [0.25, 0.3) is 8.32 Å². The van der Waals surface area contributed by atoms with Crippen LogP contribution in [0.4, 0.5) is 0 Å². The highest BCUT2D eigenvalue weighted by atomic mass is 28.4. The number of methoxy groups -OCH3 is 1. The summed E-state index contributed by atoms with van der Waals surface area (Å²) < 4.78 is 12.5. The van der Waals surface area contributed by atoms with Gasteiger partial charge >= 0.3 is 0 Å². The number of nitriles is 1. The van der Waals surface area contributed by atoms with Crippen molar-refractivity contribution in [1.82, 2.24) is 0 Å². The third-order valence-electron chi connectivity index (χ3n) is 9.27. The van der Waals surface area contributed by atoms with Gasteiger partial charge in [0, 0.05) is 6.08 Å². The molecule has 0 heterocycles. The maximum atomic E-state index is 9.26. The zero-order valence-electron chi connectivity index (χ0n) is 20.5. The zero-order chi connectivity index (χ0) is 22.6. The Bertz CT molecular complexity index is 936. The Morgan fingerprint density at radius 3 is 2.52 bits per heavy atom. The third-order valence-corrected chi connectivity index (χ3v) is 13.6. The minimum Gasteiger partial charge on any atom is -0.541 e. The molecule has 0 aromatic heterocycles. The van der Waals surface area contributed by atoms with Crippen LogP contribution >= 0.6 is 0 Å². The lowest BCUT2D eigenvalue weighted by molar-refractivity contribution is 0.0813. The number of rotatable bonds is 3. The van der Waals surface area contributed by atoms with Crippen LogP contribution in [0, 0.1) is 28.6 Å². The molecule has 3 aliphatic carbocycles. The Hall–Kier alpha value is -1.73. The van der Waals surface area contributed by atoms with E-state index in [9.17, 15) is 5.26 Å². The summed E-state index contributed by atoms with van der Waals surface area (Å²) in [5.41, 5.74) is 4.59. The quantitative estimate of drug-likeness (QED) is 0.366. The molecule has 168 valence electrons. The van der Waals surface area contributed by atoms with Crippen LogP contribution in [0.15, 0.2) is 23.8 Å². The predicted molar refractivity (Wildman–Crippen MR) is 129 cm³/mol. The van der Waals surface area contributed by atoms with Crippen molar-refractivity contribution in [3.8, 4) is 17.6 Å². The molecule has 0 N–H and O–H groups in total. The molecule has 2 fully saturated rings. The average molecular weight is 438 g/mol. The summed E-state index contributed by atoms with van der Waals surface area (Å²) in [6, 6.07) is 6.92. The lowest BCUT2D eigenvalue weighted by Gasteiger charge is -2.49. The van der Waals surface area contributed by atoms with Gasteiger partial charge in [0.15, 0.2) is 5.75 Å². The Labute approximate surface area is 190 Å². The summed E-state index contributed by atoms with van der Waals surface area (Å²) in [6.45, 7) is 13.9. The smallest absolute Gasteiger partial charge is 0.250 e. The van der Waals surface area contributed by atoms with Crippen LogP contribution in [0.2, 0.25) is 18.1 Å². The molecule has 0 spiro atoms. The Morgan fingerprint density at radius 2 is 1.87 bits per heavy atom. The lowest BCUT2D eigenvalue weighted by atomic mass is 9.55. The molecule has 1 aromatic carbocycles. The molecule has 4 heteroatoms. The monoisotopic (exact) mass is 437 g/mol. The normalized spacial score (nSPS) is 31.4. The minimum atomic E-state index is -1.93. The van der Waals surface area contributed by atoms with E-state index in [1.165, 1.54) is 42.4 Å². The molecular formula is C27H39NO2Si. The number of fused-ring (bicyclic) bond motifs is 5. The zero-order valence-corrected chi connectivity index (χ0v) is 21.5. The van der Waals surface area contributed by atoms with Crippen molar-refractivity contribution in [2.45, 2.75) is 90.3 Å². The van der Waals surface area contributed by atoms with Crippen molar-refractivity contribution in [2.75, 3.05) is 7.11 Å². The molecule has 3 nitrogen and oxygen atoms in total. The number of allylic oxidation sites excluding steroid dienone is 2. The first kappa shape index (κ1) is 22.5. The van der Waals surface area contributed by atoms with E-state index in [4.69, 9.17) is 9.16 Å². The summed E-state index contributed by atoms with van der Waals surface area (Å²) in [7, 11) is -0.157. The number of hydrogen-bond acceptors (Lipinski definition) is 3. The molecule has 0 radical (unpaired) electrons. The molecule has 4 rings (SSSR count). The van der Waals surface area contributed by atoms with Gasteiger partial charge in [0.05, 0.1) is 13.2 Å². The summed E-state index contributed by atoms with van der Waals surface area (Å²) in [5.74, 6) is 3.86. The van der Waals surface area contributed by atoms with E-state index in [0.29, 0.717) is 17.8 Å². The van der Waals surface area contributed by atoms with E-state index < -0.39 is 8.32 Å². The second-order valence-electron chi connectivity index (χ2n) is 11.8. The van der Waals surface area contributed by atoms with Crippen molar-refractivity contribution in [1.29, 1.82) is 5.26 Å². The molecule has 2 saturated carbocycles. The van der Waals surface area contributed by atoms with Crippen LogP contribution in [0.3, 0.4) is 0 Å². The van der Waals surface area contributed by atoms with E-state index >= 15 is 0 Å². The number of aryl methyl sites for hydroxylation is 1. The standard InChI is InChI=1S/C27H39NO2Si/c1-26(2,3)31(6,7)30-25-16-18-8-10-21-20(22(18)17-24(25)29-5)12-14-27(4)19(13-15-28)9-11-23(21)27/h13,16-17,20-21,23H,8-12,14H2,1-7H3/t20?,21?,23?,27-/m1/s1. The van der Waals surface area contributed by atoms with E-state index in [2.05, 4.69) is 59.0 Å². The van der Waals surface area contributed by atoms with Gasteiger partial charge in [-0.2, -0.15) is 5.26 Å². The SMILES string of the molecule is COc1cc2c(cc1O[Si](C)(C)C(C)(C)C)CCC1C2CC[C@]2(C)C(=CC#N)CCC12. The summed E-state index contributed by atoms with van der Waals surface area (Å²) in [6.07, 6.45) is 8.97. The maximum Gasteiger partial charge on any atom is 0.250 e. The summed E-state index contributed by atoms with van der Waals surface area (Å²) in [5, 5.41) is 9.42. The first-order chi connectivity index (χ1) is 14.5. The number of ether oxygens (including phenoxy) is 1. The fraction of sp³-hybridized carbons (Fsp3) is 0.667. The molecule has 31 heavy (non-hydrogen) atoms. The second-order valence-corrected chi connectivity index (χ2v) is 16.5. The predicted octanol–water partition coefficient (Wildman–Crippen LogP) is 7.39. The molecule has 3 aliphatic rings. The van der Waals surface area contributed by atoms with E-state index in [0.717, 1.165) is 24.3 Å². The van der Waals surface area contributed by atoms with E-state index in [1.807, 2.05) is 6.08 Å².